The van der Waals surface area contributed by atoms with E-state index >= 15 is 0 Å². The van der Waals surface area contributed by atoms with Gasteiger partial charge in [0.05, 0.1) is 18.9 Å². The van der Waals surface area contributed by atoms with Crippen molar-refractivity contribution in [1.29, 1.82) is 0 Å². The molecular weight excluding hydrogens is 356 g/mol. The van der Waals surface area contributed by atoms with Gasteiger partial charge in [-0.25, -0.2) is 4.98 Å². The first-order chi connectivity index (χ1) is 13.5. The van der Waals surface area contributed by atoms with E-state index in [2.05, 4.69) is 22.0 Å². The molecule has 2 N–H and O–H groups in total. The summed E-state index contributed by atoms with van der Waals surface area (Å²) in [6.45, 7) is 2.20. The van der Waals surface area contributed by atoms with Crippen LogP contribution in [0.25, 0.3) is 6.08 Å². The summed E-state index contributed by atoms with van der Waals surface area (Å²) in [5.74, 6) is -0.0613. The predicted molar refractivity (Wildman–Crippen MR) is 112 cm³/mol. The van der Waals surface area contributed by atoms with Crippen molar-refractivity contribution in [3.8, 4) is 0 Å². The molecule has 0 fully saturated rings. The molecule has 1 rings (SSSR count). The van der Waals surface area contributed by atoms with Crippen molar-refractivity contribution in [3.05, 3.63) is 30.0 Å². The molecule has 0 radical (unpaired) electrons. The van der Waals surface area contributed by atoms with Gasteiger partial charge in [-0.3, -0.25) is 9.59 Å². The smallest absolute Gasteiger partial charge is 0.305 e. The number of anilines is 1. The highest BCUT2D eigenvalue weighted by Crippen LogP contribution is 2.12. The van der Waals surface area contributed by atoms with E-state index in [0.717, 1.165) is 19.3 Å². The quantitative estimate of drug-likeness (QED) is 0.361. The second-order valence-corrected chi connectivity index (χ2v) is 6.91. The molecule has 1 aromatic rings. The molecule has 0 aliphatic heterocycles. The van der Waals surface area contributed by atoms with Gasteiger partial charge in [-0.2, -0.15) is 0 Å². The third-order valence-electron chi connectivity index (χ3n) is 4.39. The number of aliphatic hydroxyl groups excluding tert-OH is 1. The van der Waals surface area contributed by atoms with E-state index in [9.17, 15) is 14.7 Å². The normalized spacial score (nSPS) is 12.1. The zero-order valence-corrected chi connectivity index (χ0v) is 17.2. The fourth-order valence-electron chi connectivity index (χ4n) is 2.75. The van der Waals surface area contributed by atoms with E-state index in [1.807, 2.05) is 6.07 Å². The number of hydrogen-bond donors (Lipinski definition) is 2. The van der Waals surface area contributed by atoms with Crippen LogP contribution in [-0.2, 0) is 14.3 Å². The molecule has 156 valence electrons. The molecule has 0 aliphatic rings. The van der Waals surface area contributed by atoms with Crippen molar-refractivity contribution >= 4 is 23.8 Å². The molecule has 0 saturated heterocycles. The Morgan fingerprint density at radius 2 is 1.89 bits per heavy atom. The number of nitrogens with one attached hydrogen (secondary N) is 1. The molecule has 28 heavy (non-hydrogen) atoms. The van der Waals surface area contributed by atoms with Gasteiger partial charge < -0.3 is 15.2 Å². The van der Waals surface area contributed by atoms with Crippen LogP contribution in [0.1, 0.15) is 76.8 Å². The van der Waals surface area contributed by atoms with Gasteiger partial charge in [0.25, 0.3) is 0 Å². The highest BCUT2D eigenvalue weighted by molar-refractivity contribution is 5.90. The molecule has 1 amide bonds. The molecule has 0 saturated carbocycles. The lowest BCUT2D eigenvalue weighted by atomic mass is 10.1. The van der Waals surface area contributed by atoms with Gasteiger partial charge in [-0.05, 0) is 31.1 Å². The standard InChI is InChI=1S/C22H34N2O4/c1-3-4-5-6-7-8-12-19(25)17-16-18-11-9-13-20(23-18)24-21(26)14-10-15-22(27)28-2/h9,11,13,16-17,19,25H,3-8,10,12,14-15H2,1-2H3,(H,23,24,26). The van der Waals surface area contributed by atoms with Crippen molar-refractivity contribution in [3.63, 3.8) is 0 Å². The van der Waals surface area contributed by atoms with E-state index < -0.39 is 6.10 Å². The number of hydrogen-bond acceptors (Lipinski definition) is 5. The van der Waals surface area contributed by atoms with Crippen molar-refractivity contribution in [2.75, 3.05) is 12.4 Å². The number of nitrogens with zero attached hydrogens (tertiary/aromatic N) is 1. The number of esters is 1. The van der Waals surface area contributed by atoms with Crippen LogP contribution in [0, 0.1) is 0 Å². The van der Waals surface area contributed by atoms with Crippen molar-refractivity contribution < 1.29 is 19.4 Å². The Labute approximate surface area is 168 Å². The molecule has 1 aromatic heterocycles. The summed E-state index contributed by atoms with van der Waals surface area (Å²) in [4.78, 5) is 27.3. The van der Waals surface area contributed by atoms with E-state index in [0.29, 0.717) is 17.9 Å². The lowest BCUT2D eigenvalue weighted by Crippen LogP contribution is -2.13. The van der Waals surface area contributed by atoms with Gasteiger partial charge in [0.2, 0.25) is 5.91 Å². The van der Waals surface area contributed by atoms with Crippen molar-refractivity contribution in [2.45, 2.75) is 77.2 Å². The van der Waals surface area contributed by atoms with Crippen LogP contribution in [-0.4, -0.2) is 35.2 Å². The minimum atomic E-state index is -0.482. The molecule has 0 aliphatic carbocycles. The van der Waals surface area contributed by atoms with Gasteiger partial charge in [0.1, 0.15) is 5.82 Å². The molecule has 0 aromatic carbocycles. The molecule has 6 nitrogen and oxygen atoms in total. The van der Waals surface area contributed by atoms with Crippen LogP contribution in [0.2, 0.25) is 0 Å². The number of unbranched alkanes of at least 4 members (excludes halogenated alkanes) is 5. The summed E-state index contributed by atoms with van der Waals surface area (Å²) in [6, 6.07) is 5.33. The Morgan fingerprint density at radius 3 is 2.64 bits per heavy atom. The highest BCUT2D eigenvalue weighted by atomic mass is 16.5. The number of rotatable bonds is 14. The number of carbonyl (C=O) groups is 2. The SMILES string of the molecule is CCCCCCCCC(O)C=Cc1cccc(NC(=O)CCCC(=O)OC)n1. The third-order valence-corrected chi connectivity index (χ3v) is 4.39. The fourth-order valence-corrected chi connectivity index (χ4v) is 2.75. The van der Waals surface area contributed by atoms with E-state index in [-0.39, 0.29) is 24.7 Å². The Bertz CT molecular complexity index is 616. The van der Waals surface area contributed by atoms with Crippen LogP contribution < -0.4 is 5.32 Å². The Kier molecular flexibility index (Phi) is 12.6. The first-order valence-corrected chi connectivity index (χ1v) is 10.2. The minimum absolute atomic E-state index is 0.194. The Balaban J connectivity index is 2.35. The highest BCUT2D eigenvalue weighted by Gasteiger charge is 2.06. The molecular formula is C22H34N2O4. The zero-order chi connectivity index (χ0) is 20.6. The minimum Gasteiger partial charge on any atom is -0.469 e. The van der Waals surface area contributed by atoms with Gasteiger partial charge in [-0.15, -0.1) is 0 Å². The van der Waals surface area contributed by atoms with Crippen molar-refractivity contribution in [1.82, 2.24) is 4.98 Å². The Hall–Kier alpha value is -2.21. The second kappa shape index (κ2) is 14.8. The average Bonchev–Trinajstić information content (AvgIpc) is 2.69. The predicted octanol–water partition coefficient (Wildman–Crippen LogP) is 4.49. The Morgan fingerprint density at radius 1 is 1.14 bits per heavy atom. The number of aromatic nitrogens is 1. The molecule has 0 bridgehead atoms. The molecule has 0 spiro atoms. The van der Waals surface area contributed by atoms with E-state index in [1.54, 1.807) is 24.3 Å². The van der Waals surface area contributed by atoms with Crippen molar-refractivity contribution in [2.24, 2.45) is 0 Å². The number of amides is 1. The maximum absolute atomic E-state index is 11.9. The maximum atomic E-state index is 11.9. The number of carbonyl (C=O) groups excluding carboxylic acids is 2. The largest absolute Gasteiger partial charge is 0.469 e. The monoisotopic (exact) mass is 390 g/mol. The molecule has 1 unspecified atom stereocenters. The number of aliphatic hydroxyl groups is 1. The average molecular weight is 391 g/mol. The summed E-state index contributed by atoms with van der Waals surface area (Å²) >= 11 is 0. The van der Waals surface area contributed by atoms with Gasteiger partial charge >= 0.3 is 5.97 Å². The summed E-state index contributed by atoms with van der Waals surface area (Å²) in [5, 5.41) is 12.8. The van der Waals surface area contributed by atoms with Crippen LogP contribution in [0.4, 0.5) is 5.82 Å². The lowest BCUT2D eigenvalue weighted by molar-refractivity contribution is -0.140. The first kappa shape index (κ1) is 23.8. The fraction of sp³-hybridized carbons (Fsp3) is 0.591. The maximum Gasteiger partial charge on any atom is 0.305 e. The van der Waals surface area contributed by atoms with Crippen LogP contribution in [0.5, 0.6) is 0 Å². The van der Waals surface area contributed by atoms with Gasteiger partial charge in [0, 0.05) is 12.8 Å². The zero-order valence-electron chi connectivity index (χ0n) is 17.2. The molecule has 1 atom stereocenters. The van der Waals surface area contributed by atoms with Crippen LogP contribution >= 0.6 is 0 Å². The topological polar surface area (TPSA) is 88.5 Å². The van der Waals surface area contributed by atoms with E-state index in [1.165, 1.54) is 32.8 Å². The summed E-state index contributed by atoms with van der Waals surface area (Å²) in [5.41, 5.74) is 0.675. The molecule has 6 heteroatoms. The van der Waals surface area contributed by atoms with Gasteiger partial charge in [0.15, 0.2) is 0 Å². The summed E-state index contributed by atoms with van der Waals surface area (Å²) in [7, 11) is 1.33. The van der Waals surface area contributed by atoms with E-state index in [4.69, 9.17) is 0 Å². The van der Waals surface area contributed by atoms with Crippen LogP contribution in [0.3, 0.4) is 0 Å². The number of methoxy groups -OCH3 is 1. The summed E-state index contributed by atoms with van der Waals surface area (Å²) in [6.07, 6.45) is 11.9. The lowest BCUT2D eigenvalue weighted by Gasteiger charge is -2.06. The van der Waals surface area contributed by atoms with Gasteiger partial charge in [-0.1, -0.05) is 57.6 Å². The second-order valence-electron chi connectivity index (χ2n) is 6.91. The first-order valence-electron chi connectivity index (χ1n) is 10.2. The van der Waals surface area contributed by atoms with Crippen LogP contribution in [0.15, 0.2) is 24.3 Å². The summed E-state index contributed by atoms with van der Waals surface area (Å²) < 4.78 is 4.55. The number of pyridine rings is 1. The number of ether oxygens (including phenoxy) is 1. The molecule has 1 heterocycles. The third kappa shape index (κ3) is 11.5.